The van der Waals surface area contributed by atoms with Crippen molar-refractivity contribution in [3.8, 4) is 22.8 Å². The third-order valence-corrected chi connectivity index (χ3v) is 4.09. The van der Waals surface area contributed by atoms with Crippen LogP contribution in [-0.2, 0) is 0 Å². The fraction of sp³-hybridized carbons (Fsp3) is 0.158. The van der Waals surface area contributed by atoms with E-state index in [1.165, 1.54) is 0 Å². The molecule has 0 saturated carbocycles. The molecular weight excluding hydrogens is 330 g/mol. The number of ether oxygens (including phenoxy) is 1. The molecule has 0 unspecified atom stereocenters. The summed E-state index contributed by atoms with van der Waals surface area (Å²) in [6.45, 7) is 5.42. The number of aromatic nitrogens is 3. The summed E-state index contributed by atoms with van der Waals surface area (Å²) in [6, 6.07) is 8.97. The number of nitrogens with zero attached hydrogens (tertiary/aromatic N) is 2. The van der Waals surface area contributed by atoms with E-state index in [-0.39, 0.29) is 11.4 Å². The number of hydrogen-bond acceptors (Lipinski definition) is 6. The first-order chi connectivity index (χ1) is 12.4. The van der Waals surface area contributed by atoms with Crippen molar-refractivity contribution < 1.29 is 4.74 Å². The Morgan fingerprint density at radius 3 is 2.54 bits per heavy atom. The molecule has 7 heteroatoms. The zero-order valence-corrected chi connectivity index (χ0v) is 14.8. The monoisotopic (exact) mass is 349 g/mol. The number of nitrogens with one attached hydrogen (secondary N) is 2. The summed E-state index contributed by atoms with van der Waals surface area (Å²) in [5, 5.41) is 14.0. The molecule has 4 N–H and O–H groups in total. The summed E-state index contributed by atoms with van der Waals surface area (Å²) in [4.78, 5) is 16.1. The topological polar surface area (TPSA) is 118 Å². The molecule has 0 spiro atoms. The van der Waals surface area contributed by atoms with Gasteiger partial charge in [0.15, 0.2) is 0 Å². The zero-order chi connectivity index (χ0) is 18.8. The van der Waals surface area contributed by atoms with Crippen LogP contribution in [0.3, 0.4) is 0 Å². The summed E-state index contributed by atoms with van der Waals surface area (Å²) in [6.07, 6.45) is 1.13. The van der Waals surface area contributed by atoms with Gasteiger partial charge in [-0.3, -0.25) is 4.79 Å². The molecule has 0 aliphatic heterocycles. The Balaban J connectivity index is 1.96. The van der Waals surface area contributed by atoms with Gasteiger partial charge in [0, 0.05) is 28.7 Å². The molecule has 0 aliphatic carbocycles. The van der Waals surface area contributed by atoms with Gasteiger partial charge in [-0.05, 0) is 44.5 Å². The number of nitrogens with two attached hydrogens (primary N) is 1. The normalized spacial score (nSPS) is 10.6. The number of hydrogen-bond donors (Lipinski definition) is 3. The molecule has 0 fully saturated rings. The van der Waals surface area contributed by atoms with Crippen molar-refractivity contribution >= 4 is 11.9 Å². The second-order valence-electron chi connectivity index (χ2n) is 5.98. The maximum atomic E-state index is 11.8. The predicted molar refractivity (Wildman–Crippen MR) is 101 cm³/mol. The third kappa shape index (κ3) is 3.19. The van der Waals surface area contributed by atoms with Crippen LogP contribution in [0.2, 0.25) is 0 Å². The lowest BCUT2D eigenvalue weighted by Gasteiger charge is -2.12. The minimum atomic E-state index is -0.207. The van der Waals surface area contributed by atoms with E-state index in [2.05, 4.69) is 15.2 Å². The molecule has 3 rings (SSSR count). The molecule has 7 nitrogen and oxygen atoms in total. The summed E-state index contributed by atoms with van der Waals surface area (Å²) in [7, 11) is 0. The van der Waals surface area contributed by atoms with Gasteiger partial charge in [-0.1, -0.05) is 12.1 Å². The summed E-state index contributed by atoms with van der Waals surface area (Å²) in [5.41, 5.74) is 10.3. The van der Waals surface area contributed by atoms with E-state index in [1.54, 1.807) is 25.1 Å². The maximum absolute atomic E-state index is 11.8. The summed E-state index contributed by atoms with van der Waals surface area (Å²) >= 11 is 0. The van der Waals surface area contributed by atoms with E-state index in [4.69, 9.17) is 15.9 Å². The van der Waals surface area contributed by atoms with Gasteiger partial charge in [0.25, 0.3) is 5.56 Å². The van der Waals surface area contributed by atoms with Gasteiger partial charge in [0.1, 0.15) is 5.75 Å². The minimum absolute atomic E-state index is 0.207. The molecule has 0 bridgehead atoms. The van der Waals surface area contributed by atoms with Gasteiger partial charge in [-0.25, -0.2) is 10.1 Å². The van der Waals surface area contributed by atoms with Gasteiger partial charge < -0.3 is 15.9 Å². The Morgan fingerprint density at radius 2 is 1.88 bits per heavy atom. The van der Waals surface area contributed by atoms with Crippen molar-refractivity contribution in [1.29, 1.82) is 5.41 Å². The van der Waals surface area contributed by atoms with Crippen molar-refractivity contribution in [1.82, 2.24) is 15.2 Å². The average molecular weight is 349 g/mol. The van der Waals surface area contributed by atoms with E-state index in [1.807, 2.05) is 26.0 Å². The van der Waals surface area contributed by atoms with E-state index < -0.39 is 0 Å². The molecule has 2 heterocycles. The number of nitrogen functional groups attached to an aromatic ring is 1. The van der Waals surface area contributed by atoms with Gasteiger partial charge in [-0.15, -0.1) is 0 Å². The number of pyridine rings is 1. The van der Waals surface area contributed by atoms with Crippen molar-refractivity contribution in [2.75, 3.05) is 5.73 Å². The highest BCUT2D eigenvalue weighted by Gasteiger charge is 2.12. The quantitative estimate of drug-likeness (QED) is 0.625. The van der Waals surface area contributed by atoms with E-state index in [0.717, 1.165) is 23.0 Å². The number of aryl methyl sites for hydroxylation is 2. The van der Waals surface area contributed by atoms with Crippen LogP contribution in [0, 0.1) is 26.2 Å². The third-order valence-electron chi connectivity index (χ3n) is 4.09. The number of benzene rings is 1. The van der Waals surface area contributed by atoms with Crippen molar-refractivity contribution in [3.05, 3.63) is 63.2 Å². The highest BCUT2D eigenvalue weighted by atomic mass is 16.5. The lowest BCUT2D eigenvalue weighted by atomic mass is 10.0. The molecule has 132 valence electrons. The maximum Gasteiger partial charge on any atom is 0.267 e. The van der Waals surface area contributed by atoms with Crippen LogP contribution in [-0.4, -0.2) is 21.4 Å². The Kier molecular flexibility index (Phi) is 4.53. The van der Waals surface area contributed by atoms with E-state index in [0.29, 0.717) is 28.3 Å². The number of aromatic amines is 1. The molecule has 0 radical (unpaired) electrons. The van der Waals surface area contributed by atoms with E-state index in [9.17, 15) is 4.79 Å². The van der Waals surface area contributed by atoms with Crippen LogP contribution < -0.4 is 16.0 Å². The lowest BCUT2D eigenvalue weighted by molar-refractivity contribution is 0.461. The molecule has 0 aliphatic rings. The Morgan fingerprint density at radius 1 is 1.19 bits per heavy atom. The fourth-order valence-electron chi connectivity index (χ4n) is 2.79. The van der Waals surface area contributed by atoms with Gasteiger partial charge >= 0.3 is 0 Å². The Labute approximate surface area is 150 Å². The zero-order valence-electron chi connectivity index (χ0n) is 14.8. The second kappa shape index (κ2) is 6.79. The van der Waals surface area contributed by atoms with Gasteiger partial charge in [-0.2, -0.15) is 5.10 Å². The molecule has 3 aromatic rings. The predicted octanol–water partition coefficient (Wildman–Crippen LogP) is 3.13. The number of anilines is 1. The van der Waals surface area contributed by atoms with Crippen LogP contribution in [0.25, 0.3) is 11.1 Å². The van der Waals surface area contributed by atoms with Crippen molar-refractivity contribution in [2.45, 2.75) is 20.8 Å². The standard InChI is InChI=1S/C19H19N5O2/c1-10-8-16(21)15(9-20)19(22-10)26-14-6-4-13(5-7-14)17-11(2)18(25)24-23-12(17)3/h4-9,20H,1-3H3,(H2,21,22)(H,24,25). The largest absolute Gasteiger partial charge is 0.438 e. The van der Waals surface area contributed by atoms with Crippen LogP contribution in [0.5, 0.6) is 11.6 Å². The van der Waals surface area contributed by atoms with Gasteiger partial charge in [0.05, 0.1) is 11.3 Å². The first kappa shape index (κ1) is 17.3. The van der Waals surface area contributed by atoms with Crippen molar-refractivity contribution in [3.63, 3.8) is 0 Å². The SMILES string of the molecule is Cc1cc(N)c(C=N)c(Oc2ccc(-c3c(C)n[nH]c(=O)c3C)cc2)n1. The Hall–Kier alpha value is -3.48. The molecule has 0 amide bonds. The van der Waals surface area contributed by atoms with Gasteiger partial charge in [0.2, 0.25) is 5.88 Å². The molecular formula is C19H19N5O2. The number of H-pyrrole nitrogens is 1. The smallest absolute Gasteiger partial charge is 0.267 e. The molecule has 2 aromatic heterocycles. The van der Waals surface area contributed by atoms with Crippen LogP contribution in [0.15, 0.2) is 35.1 Å². The van der Waals surface area contributed by atoms with E-state index >= 15 is 0 Å². The Bertz CT molecular complexity index is 1040. The number of rotatable bonds is 4. The van der Waals surface area contributed by atoms with Crippen molar-refractivity contribution in [2.24, 2.45) is 0 Å². The van der Waals surface area contributed by atoms with Crippen LogP contribution >= 0.6 is 0 Å². The first-order valence-corrected chi connectivity index (χ1v) is 8.02. The van der Waals surface area contributed by atoms with Crippen LogP contribution in [0.1, 0.15) is 22.5 Å². The summed E-state index contributed by atoms with van der Waals surface area (Å²) in [5.74, 6) is 0.845. The highest BCUT2D eigenvalue weighted by molar-refractivity contribution is 5.88. The lowest BCUT2D eigenvalue weighted by Crippen LogP contribution is -2.14. The molecule has 26 heavy (non-hydrogen) atoms. The molecule has 0 saturated heterocycles. The summed E-state index contributed by atoms with van der Waals surface area (Å²) < 4.78 is 5.81. The highest BCUT2D eigenvalue weighted by Crippen LogP contribution is 2.30. The van der Waals surface area contributed by atoms with Crippen LogP contribution in [0.4, 0.5) is 5.69 Å². The first-order valence-electron chi connectivity index (χ1n) is 8.02. The molecule has 0 atom stereocenters. The second-order valence-corrected chi connectivity index (χ2v) is 5.98. The average Bonchev–Trinajstić information content (AvgIpc) is 2.60. The minimum Gasteiger partial charge on any atom is -0.438 e. The molecule has 1 aromatic carbocycles. The fourth-order valence-corrected chi connectivity index (χ4v) is 2.79.